The number of likely N-dealkylation sites (N-methyl/N-ethyl adjacent to an activating group) is 1. The number of nitrogens with zero attached hydrogens (tertiary/aromatic N) is 2. The second-order valence-electron chi connectivity index (χ2n) is 7.18. The van der Waals surface area contributed by atoms with Gasteiger partial charge in [0.05, 0.1) is 12.2 Å². The third kappa shape index (κ3) is 6.17. The molecule has 0 aliphatic carbocycles. The minimum Gasteiger partial charge on any atom is -0.484 e. The van der Waals surface area contributed by atoms with Gasteiger partial charge < -0.3 is 14.8 Å². The van der Waals surface area contributed by atoms with Gasteiger partial charge in [0.25, 0.3) is 5.91 Å². The Bertz CT molecular complexity index is 917. The molecule has 1 fully saturated rings. The van der Waals surface area contributed by atoms with E-state index in [0.29, 0.717) is 23.6 Å². The number of esters is 1. The number of ether oxygens (including phenoxy) is 2. The van der Waals surface area contributed by atoms with Crippen molar-refractivity contribution in [3.63, 3.8) is 0 Å². The van der Waals surface area contributed by atoms with Gasteiger partial charge >= 0.3 is 12.1 Å². The van der Waals surface area contributed by atoms with E-state index in [4.69, 9.17) is 9.47 Å². The predicted molar refractivity (Wildman–Crippen MR) is 107 cm³/mol. The summed E-state index contributed by atoms with van der Waals surface area (Å²) in [5.41, 5.74) is 1.11. The van der Waals surface area contributed by atoms with Crippen molar-refractivity contribution in [2.45, 2.75) is 25.1 Å². The number of morpholine rings is 1. The van der Waals surface area contributed by atoms with Crippen LogP contribution in [-0.4, -0.2) is 55.0 Å². The van der Waals surface area contributed by atoms with Gasteiger partial charge in [0.2, 0.25) is 0 Å². The van der Waals surface area contributed by atoms with Crippen molar-refractivity contribution in [3.05, 3.63) is 45.9 Å². The summed E-state index contributed by atoms with van der Waals surface area (Å²) < 4.78 is 49.1. The average Bonchev–Trinajstić information content (AvgIpc) is 3.23. The Morgan fingerprint density at radius 1 is 1.39 bits per heavy atom. The van der Waals surface area contributed by atoms with E-state index in [1.807, 2.05) is 24.0 Å². The summed E-state index contributed by atoms with van der Waals surface area (Å²) >= 11 is 0.489. The number of amides is 1. The lowest BCUT2D eigenvalue weighted by atomic mass is 10.00. The highest BCUT2D eigenvalue weighted by atomic mass is 32.1. The molecular weight excluding hydrogens is 435 g/mol. The minimum atomic E-state index is -4.52. The summed E-state index contributed by atoms with van der Waals surface area (Å²) in [6.45, 7) is 2.75. The summed E-state index contributed by atoms with van der Waals surface area (Å²) in [4.78, 5) is 28.7. The van der Waals surface area contributed by atoms with Gasteiger partial charge in [-0.05, 0) is 23.6 Å². The first-order valence-electron chi connectivity index (χ1n) is 9.53. The SMILES string of the molecule is CNC(=O)COc1ccc(C(C)CN2CC(=O)OC(c3csc(C(F)(F)F)n3)C2)cc1. The average molecular weight is 457 g/mol. The van der Waals surface area contributed by atoms with Crippen LogP contribution in [0, 0.1) is 0 Å². The molecule has 2 heterocycles. The molecule has 0 spiro atoms. The van der Waals surface area contributed by atoms with E-state index in [-0.39, 0.29) is 37.2 Å². The van der Waals surface area contributed by atoms with Crippen LogP contribution in [0.2, 0.25) is 0 Å². The van der Waals surface area contributed by atoms with Crippen molar-refractivity contribution in [3.8, 4) is 5.75 Å². The number of hydrogen-bond donors (Lipinski definition) is 1. The molecule has 1 N–H and O–H groups in total. The lowest BCUT2D eigenvalue weighted by Crippen LogP contribution is -2.43. The molecule has 11 heteroatoms. The summed E-state index contributed by atoms with van der Waals surface area (Å²) in [6.07, 6.45) is -5.35. The quantitative estimate of drug-likeness (QED) is 0.644. The van der Waals surface area contributed by atoms with Crippen LogP contribution in [-0.2, 0) is 20.5 Å². The van der Waals surface area contributed by atoms with Crippen LogP contribution in [0.25, 0.3) is 0 Å². The molecule has 1 amide bonds. The van der Waals surface area contributed by atoms with Crippen molar-refractivity contribution in [2.24, 2.45) is 0 Å². The van der Waals surface area contributed by atoms with Crippen molar-refractivity contribution < 1.29 is 32.2 Å². The van der Waals surface area contributed by atoms with E-state index in [1.165, 1.54) is 12.4 Å². The Morgan fingerprint density at radius 2 is 2.10 bits per heavy atom. The highest BCUT2D eigenvalue weighted by Gasteiger charge is 2.37. The molecule has 0 bridgehead atoms. The normalized spacial score (nSPS) is 18.4. The summed E-state index contributed by atoms with van der Waals surface area (Å²) in [5, 5.41) is 2.80. The van der Waals surface area contributed by atoms with E-state index < -0.39 is 23.3 Å². The number of carbonyl (C=O) groups excluding carboxylic acids is 2. The second kappa shape index (κ2) is 9.65. The van der Waals surface area contributed by atoms with E-state index in [0.717, 1.165) is 5.56 Å². The van der Waals surface area contributed by atoms with Gasteiger partial charge in [-0.3, -0.25) is 14.5 Å². The number of alkyl halides is 3. The Morgan fingerprint density at radius 3 is 2.71 bits per heavy atom. The van der Waals surface area contributed by atoms with Gasteiger partial charge in [0, 0.05) is 25.5 Å². The maximum atomic E-state index is 12.8. The third-order valence-electron chi connectivity index (χ3n) is 4.77. The van der Waals surface area contributed by atoms with Gasteiger partial charge in [-0.25, -0.2) is 4.98 Å². The number of carbonyl (C=O) groups is 2. The van der Waals surface area contributed by atoms with E-state index in [1.54, 1.807) is 12.1 Å². The molecule has 3 rings (SSSR count). The molecule has 7 nitrogen and oxygen atoms in total. The van der Waals surface area contributed by atoms with Crippen LogP contribution in [0.1, 0.15) is 35.2 Å². The first-order chi connectivity index (χ1) is 14.7. The number of thiazole rings is 1. The molecule has 1 aromatic carbocycles. The van der Waals surface area contributed by atoms with Crippen LogP contribution in [0.5, 0.6) is 5.75 Å². The zero-order valence-corrected chi connectivity index (χ0v) is 17.8. The van der Waals surface area contributed by atoms with E-state index in [9.17, 15) is 22.8 Å². The van der Waals surface area contributed by atoms with Gasteiger partial charge in [0.1, 0.15) is 5.75 Å². The first-order valence-corrected chi connectivity index (χ1v) is 10.4. The van der Waals surface area contributed by atoms with Crippen LogP contribution in [0.4, 0.5) is 13.2 Å². The fourth-order valence-electron chi connectivity index (χ4n) is 3.18. The molecule has 2 unspecified atom stereocenters. The molecule has 0 saturated carbocycles. The Kier molecular flexibility index (Phi) is 7.16. The number of hydrogen-bond acceptors (Lipinski definition) is 7. The number of aromatic nitrogens is 1. The maximum Gasteiger partial charge on any atom is 0.443 e. The highest BCUT2D eigenvalue weighted by Crippen LogP contribution is 2.34. The summed E-state index contributed by atoms with van der Waals surface area (Å²) in [5.74, 6) is -0.125. The number of nitrogens with one attached hydrogen (secondary N) is 1. The van der Waals surface area contributed by atoms with Gasteiger partial charge in [0.15, 0.2) is 17.7 Å². The smallest absolute Gasteiger partial charge is 0.443 e. The molecule has 1 aromatic heterocycles. The fourth-order valence-corrected chi connectivity index (χ4v) is 3.91. The molecule has 1 saturated heterocycles. The third-order valence-corrected chi connectivity index (χ3v) is 5.68. The number of halogens is 3. The van der Waals surface area contributed by atoms with Crippen molar-refractivity contribution >= 4 is 23.2 Å². The van der Waals surface area contributed by atoms with Gasteiger partial charge in [-0.2, -0.15) is 13.2 Å². The number of cyclic esters (lactones) is 1. The van der Waals surface area contributed by atoms with Crippen molar-refractivity contribution in [2.75, 3.05) is 33.3 Å². The second-order valence-corrected chi connectivity index (χ2v) is 8.04. The molecule has 2 aromatic rings. The Hall–Kier alpha value is -2.66. The predicted octanol–water partition coefficient (Wildman–Crippen LogP) is 2.99. The van der Waals surface area contributed by atoms with E-state index >= 15 is 0 Å². The fraction of sp³-hybridized carbons (Fsp3) is 0.450. The first kappa shape index (κ1) is 23.0. The van der Waals surface area contributed by atoms with E-state index in [2.05, 4.69) is 10.3 Å². The number of rotatable bonds is 7. The van der Waals surface area contributed by atoms with Gasteiger partial charge in [-0.1, -0.05) is 19.1 Å². The minimum absolute atomic E-state index is 0.0423. The van der Waals surface area contributed by atoms with Crippen LogP contribution >= 0.6 is 11.3 Å². The molecule has 2 atom stereocenters. The summed E-state index contributed by atoms with van der Waals surface area (Å²) in [6, 6.07) is 7.27. The Labute approximate surface area is 181 Å². The molecule has 0 radical (unpaired) electrons. The molecular formula is C20H22F3N3O4S. The highest BCUT2D eigenvalue weighted by molar-refractivity contribution is 7.09. The molecule has 1 aliphatic rings. The van der Waals surface area contributed by atoms with Crippen LogP contribution in [0.3, 0.4) is 0 Å². The molecule has 168 valence electrons. The zero-order valence-electron chi connectivity index (χ0n) is 16.9. The van der Waals surface area contributed by atoms with Crippen molar-refractivity contribution in [1.82, 2.24) is 15.2 Å². The standard InChI is InChI=1S/C20H22F3N3O4S/c1-12(13-3-5-14(6-4-13)29-10-17(27)24-2)7-26-8-16(30-18(28)9-26)15-11-31-19(25-15)20(21,22)23/h3-6,11-12,16H,7-10H2,1-2H3,(H,24,27). The lowest BCUT2D eigenvalue weighted by molar-refractivity contribution is -0.159. The van der Waals surface area contributed by atoms with Crippen molar-refractivity contribution in [1.29, 1.82) is 0 Å². The topological polar surface area (TPSA) is 80.8 Å². The maximum absolute atomic E-state index is 12.8. The van der Waals surface area contributed by atoms with Gasteiger partial charge in [-0.15, -0.1) is 11.3 Å². The zero-order chi connectivity index (χ0) is 22.6. The summed E-state index contributed by atoms with van der Waals surface area (Å²) in [7, 11) is 1.53. The largest absolute Gasteiger partial charge is 0.484 e. The Balaban J connectivity index is 1.60. The molecule has 31 heavy (non-hydrogen) atoms. The van der Waals surface area contributed by atoms with Crippen LogP contribution in [0.15, 0.2) is 29.6 Å². The molecule has 1 aliphatic heterocycles. The lowest BCUT2D eigenvalue weighted by Gasteiger charge is -2.33. The monoisotopic (exact) mass is 457 g/mol. The van der Waals surface area contributed by atoms with Crippen LogP contribution < -0.4 is 10.1 Å². The number of benzene rings is 1.